The first-order valence-electron chi connectivity index (χ1n) is 7.35. The summed E-state index contributed by atoms with van der Waals surface area (Å²) < 4.78 is 10.8. The first kappa shape index (κ1) is 15.9. The zero-order valence-electron chi connectivity index (χ0n) is 13.0. The molecule has 0 saturated heterocycles. The third-order valence-electron chi connectivity index (χ3n) is 3.11. The van der Waals surface area contributed by atoms with Gasteiger partial charge in [-0.05, 0) is 43.7 Å². The van der Waals surface area contributed by atoms with Gasteiger partial charge in [-0.1, -0.05) is 29.8 Å². The number of benzene rings is 2. The van der Waals surface area contributed by atoms with E-state index in [-0.39, 0.29) is 12.5 Å². The summed E-state index contributed by atoms with van der Waals surface area (Å²) in [6.45, 7) is 5.09. The fourth-order valence-corrected chi connectivity index (χ4v) is 1.91. The molecule has 0 aliphatic heterocycles. The first-order valence-corrected chi connectivity index (χ1v) is 7.35. The largest absolute Gasteiger partial charge is 0.494 e. The molecule has 1 amide bonds. The first-order chi connectivity index (χ1) is 10.7. The topological polar surface area (TPSA) is 47.6 Å². The molecule has 2 aromatic rings. The van der Waals surface area contributed by atoms with E-state index in [0.29, 0.717) is 18.9 Å². The van der Waals surface area contributed by atoms with Crippen molar-refractivity contribution in [3.8, 4) is 11.5 Å². The maximum atomic E-state index is 11.8. The van der Waals surface area contributed by atoms with Crippen molar-refractivity contribution in [2.24, 2.45) is 0 Å². The van der Waals surface area contributed by atoms with E-state index >= 15 is 0 Å². The van der Waals surface area contributed by atoms with Gasteiger partial charge in [0.2, 0.25) is 0 Å². The van der Waals surface area contributed by atoms with E-state index in [1.165, 1.54) is 0 Å². The lowest BCUT2D eigenvalue weighted by Crippen LogP contribution is -2.28. The number of carbonyl (C=O) groups excluding carboxylic acids is 1. The zero-order valence-corrected chi connectivity index (χ0v) is 13.0. The van der Waals surface area contributed by atoms with Crippen LogP contribution >= 0.6 is 0 Å². The van der Waals surface area contributed by atoms with Crippen LogP contribution < -0.4 is 14.8 Å². The molecule has 0 aliphatic carbocycles. The molecule has 2 aromatic carbocycles. The Kier molecular flexibility index (Phi) is 5.83. The molecule has 4 nitrogen and oxygen atoms in total. The number of amides is 1. The van der Waals surface area contributed by atoms with Crippen LogP contribution in [0, 0.1) is 6.92 Å². The Morgan fingerprint density at radius 3 is 2.18 bits per heavy atom. The highest BCUT2D eigenvalue weighted by Crippen LogP contribution is 2.12. The van der Waals surface area contributed by atoms with Crippen LogP contribution in [0.15, 0.2) is 48.5 Å². The third-order valence-corrected chi connectivity index (χ3v) is 3.11. The number of hydrogen-bond donors (Lipinski definition) is 1. The highest BCUT2D eigenvalue weighted by Gasteiger charge is 2.03. The van der Waals surface area contributed by atoms with Gasteiger partial charge in [-0.25, -0.2) is 0 Å². The summed E-state index contributed by atoms with van der Waals surface area (Å²) >= 11 is 0. The predicted molar refractivity (Wildman–Crippen MR) is 86.1 cm³/mol. The molecule has 0 atom stereocenters. The van der Waals surface area contributed by atoms with Gasteiger partial charge in [0, 0.05) is 6.54 Å². The standard InChI is InChI=1S/C18H21NO3/c1-3-21-16-10-6-15(7-11-16)12-19-18(20)13-22-17-8-4-14(2)5-9-17/h4-11H,3,12-13H2,1-2H3,(H,19,20). The summed E-state index contributed by atoms with van der Waals surface area (Å²) in [5, 5.41) is 2.83. The molecule has 0 aliphatic rings. The van der Waals surface area contributed by atoms with Crippen LogP contribution in [0.1, 0.15) is 18.1 Å². The number of carbonyl (C=O) groups is 1. The number of nitrogens with one attached hydrogen (secondary N) is 1. The average molecular weight is 299 g/mol. The number of hydrogen-bond acceptors (Lipinski definition) is 3. The molecule has 116 valence electrons. The molecule has 0 fully saturated rings. The molecule has 0 heterocycles. The van der Waals surface area contributed by atoms with E-state index in [1.807, 2.05) is 62.4 Å². The second-order valence-corrected chi connectivity index (χ2v) is 4.96. The van der Waals surface area contributed by atoms with Crippen LogP contribution in [0.4, 0.5) is 0 Å². The molecule has 0 radical (unpaired) electrons. The molecule has 0 bridgehead atoms. The Labute approximate surface area is 131 Å². The lowest BCUT2D eigenvalue weighted by atomic mass is 10.2. The normalized spacial score (nSPS) is 10.1. The number of aryl methyl sites for hydroxylation is 1. The highest BCUT2D eigenvalue weighted by atomic mass is 16.5. The van der Waals surface area contributed by atoms with Gasteiger partial charge < -0.3 is 14.8 Å². The maximum Gasteiger partial charge on any atom is 0.258 e. The molecular formula is C18H21NO3. The Morgan fingerprint density at radius 1 is 0.955 bits per heavy atom. The second kappa shape index (κ2) is 8.08. The van der Waals surface area contributed by atoms with Crippen molar-refractivity contribution >= 4 is 5.91 Å². The summed E-state index contributed by atoms with van der Waals surface area (Å²) in [6.07, 6.45) is 0. The second-order valence-electron chi connectivity index (χ2n) is 4.96. The van der Waals surface area contributed by atoms with Crippen LogP contribution in [0.3, 0.4) is 0 Å². The minimum atomic E-state index is -0.144. The van der Waals surface area contributed by atoms with Gasteiger partial charge in [-0.15, -0.1) is 0 Å². The number of rotatable bonds is 7. The Balaban J connectivity index is 1.74. The van der Waals surface area contributed by atoms with E-state index < -0.39 is 0 Å². The van der Waals surface area contributed by atoms with Crippen molar-refractivity contribution in [1.29, 1.82) is 0 Å². The molecule has 2 rings (SSSR count). The monoisotopic (exact) mass is 299 g/mol. The van der Waals surface area contributed by atoms with Gasteiger partial charge in [-0.3, -0.25) is 4.79 Å². The SMILES string of the molecule is CCOc1ccc(CNC(=O)COc2ccc(C)cc2)cc1. The summed E-state index contributed by atoms with van der Waals surface area (Å²) in [7, 11) is 0. The van der Waals surface area contributed by atoms with Gasteiger partial charge in [0.05, 0.1) is 6.61 Å². The predicted octanol–water partition coefficient (Wildman–Crippen LogP) is 3.09. The summed E-state index contributed by atoms with van der Waals surface area (Å²) in [4.78, 5) is 11.8. The Hall–Kier alpha value is -2.49. The van der Waals surface area contributed by atoms with Gasteiger partial charge in [0.15, 0.2) is 6.61 Å². The minimum absolute atomic E-state index is 0.0140. The third kappa shape index (κ3) is 5.13. The number of ether oxygens (including phenoxy) is 2. The Bertz CT molecular complexity index is 591. The fourth-order valence-electron chi connectivity index (χ4n) is 1.91. The van der Waals surface area contributed by atoms with Crippen molar-refractivity contribution in [3.63, 3.8) is 0 Å². The fraction of sp³-hybridized carbons (Fsp3) is 0.278. The van der Waals surface area contributed by atoms with Gasteiger partial charge in [0.1, 0.15) is 11.5 Å². The maximum absolute atomic E-state index is 11.8. The molecule has 4 heteroatoms. The molecule has 0 unspecified atom stereocenters. The smallest absolute Gasteiger partial charge is 0.258 e. The van der Waals surface area contributed by atoms with Crippen LogP contribution in [0.2, 0.25) is 0 Å². The van der Waals surface area contributed by atoms with Crippen molar-refractivity contribution < 1.29 is 14.3 Å². The molecule has 0 spiro atoms. The van der Waals surface area contributed by atoms with E-state index in [1.54, 1.807) is 0 Å². The summed E-state index contributed by atoms with van der Waals surface area (Å²) in [5.41, 5.74) is 2.18. The summed E-state index contributed by atoms with van der Waals surface area (Å²) in [5.74, 6) is 1.39. The van der Waals surface area contributed by atoms with E-state index in [4.69, 9.17) is 9.47 Å². The molecule has 1 N–H and O–H groups in total. The van der Waals surface area contributed by atoms with Crippen molar-refractivity contribution in [3.05, 3.63) is 59.7 Å². The van der Waals surface area contributed by atoms with Crippen molar-refractivity contribution in [1.82, 2.24) is 5.32 Å². The molecule has 0 saturated carbocycles. The van der Waals surface area contributed by atoms with Crippen LogP contribution in [0.25, 0.3) is 0 Å². The van der Waals surface area contributed by atoms with Crippen molar-refractivity contribution in [2.75, 3.05) is 13.2 Å². The highest BCUT2D eigenvalue weighted by molar-refractivity contribution is 5.77. The average Bonchev–Trinajstić information content (AvgIpc) is 2.54. The quantitative estimate of drug-likeness (QED) is 0.854. The molecule has 0 aromatic heterocycles. The lowest BCUT2D eigenvalue weighted by Gasteiger charge is -2.08. The van der Waals surface area contributed by atoms with Crippen LogP contribution in [-0.2, 0) is 11.3 Å². The van der Waals surface area contributed by atoms with Gasteiger partial charge in [-0.2, -0.15) is 0 Å². The minimum Gasteiger partial charge on any atom is -0.494 e. The molecular weight excluding hydrogens is 278 g/mol. The van der Waals surface area contributed by atoms with E-state index in [0.717, 1.165) is 16.9 Å². The van der Waals surface area contributed by atoms with Gasteiger partial charge >= 0.3 is 0 Å². The van der Waals surface area contributed by atoms with E-state index in [9.17, 15) is 4.79 Å². The zero-order chi connectivity index (χ0) is 15.8. The van der Waals surface area contributed by atoms with Crippen LogP contribution in [-0.4, -0.2) is 19.1 Å². The van der Waals surface area contributed by atoms with Gasteiger partial charge in [0.25, 0.3) is 5.91 Å². The Morgan fingerprint density at radius 2 is 1.55 bits per heavy atom. The molecule has 22 heavy (non-hydrogen) atoms. The lowest BCUT2D eigenvalue weighted by molar-refractivity contribution is -0.123. The van der Waals surface area contributed by atoms with Crippen molar-refractivity contribution in [2.45, 2.75) is 20.4 Å². The van der Waals surface area contributed by atoms with Crippen LogP contribution in [0.5, 0.6) is 11.5 Å². The summed E-state index contributed by atoms with van der Waals surface area (Å²) in [6, 6.07) is 15.3. The van der Waals surface area contributed by atoms with E-state index in [2.05, 4.69) is 5.32 Å².